The van der Waals surface area contributed by atoms with Crippen molar-refractivity contribution >= 4 is 36.4 Å². The second-order valence-corrected chi connectivity index (χ2v) is 4.70. The van der Waals surface area contributed by atoms with Crippen LogP contribution in [0.3, 0.4) is 0 Å². The van der Waals surface area contributed by atoms with Crippen LogP contribution in [0, 0.1) is 5.92 Å². The molecule has 0 radical (unpaired) electrons. The number of carbonyl (C=O) groups is 1. The molecule has 1 unspecified atom stereocenters. The van der Waals surface area contributed by atoms with Crippen molar-refractivity contribution < 1.29 is 4.79 Å². The van der Waals surface area contributed by atoms with Gasteiger partial charge in [0.25, 0.3) is 0 Å². The molecule has 1 aromatic carbocycles. The van der Waals surface area contributed by atoms with Gasteiger partial charge < -0.3 is 15.2 Å². The number of halogens is 2. The maximum atomic E-state index is 12.0. The standard InChI is InChI=1S/C14H16N4O.2ClH/c19-14(11-4-5-15-9-11)17-12-2-1-3-13(8-12)18-7-6-16-10-18;;/h1-3,6-8,10-11,15H,4-5,9H2,(H,17,19);2*1H. The highest BCUT2D eigenvalue weighted by Crippen LogP contribution is 2.16. The van der Waals surface area contributed by atoms with Crippen LogP contribution in [0.25, 0.3) is 5.69 Å². The summed E-state index contributed by atoms with van der Waals surface area (Å²) in [6, 6.07) is 7.76. The molecule has 1 aromatic heterocycles. The molecule has 5 nitrogen and oxygen atoms in total. The summed E-state index contributed by atoms with van der Waals surface area (Å²) in [6.45, 7) is 1.69. The third kappa shape index (κ3) is 4.20. The smallest absolute Gasteiger partial charge is 0.228 e. The lowest BCUT2D eigenvalue weighted by molar-refractivity contribution is -0.119. The third-order valence-corrected chi connectivity index (χ3v) is 3.35. The van der Waals surface area contributed by atoms with E-state index in [0.717, 1.165) is 30.9 Å². The predicted octanol–water partition coefficient (Wildman–Crippen LogP) is 2.26. The van der Waals surface area contributed by atoms with Gasteiger partial charge in [0.05, 0.1) is 12.2 Å². The van der Waals surface area contributed by atoms with E-state index in [1.54, 1.807) is 12.5 Å². The molecule has 1 amide bonds. The van der Waals surface area contributed by atoms with E-state index in [0.29, 0.717) is 0 Å². The molecule has 2 heterocycles. The molecule has 0 aliphatic carbocycles. The van der Waals surface area contributed by atoms with Crippen molar-refractivity contribution in [2.24, 2.45) is 5.92 Å². The minimum Gasteiger partial charge on any atom is -0.326 e. The quantitative estimate of drug-likeness (QED) is 0.908. The number of aromatic nitrogens is 2. The Kier molecular flexibility index (Phi) is 6.68. The van der Waals surface area contributed by atoms with Crippen molar-refractivity contribution in [3.05, 3.63) is 43.0 Å². The molecule has 0 bridgehead atoms. The molecule has 3 rings (SSSR count). The zero-order valence-corrected chi connectivity index (χ0v) is 13.0. The van der Waals surface area contributed by atoms with Crippen LogP contribution in [0.1, 0.15) is 6.42 Å². The van der Waals surface area contributed by atoms with Gasteiger partial charge in [-0.25, -0.2) is 4.98 Å². The van der Waals surface area contributed by atoms with Gasteiger partial charge in [-0.05, 0) is 31.2 Å². The van der Waals surface area contributed by atoms with Gasteiger partial charge >= 0.3 is 0 Å². The number of rotatable bonds is 3. The molecule has 0 spiro atoms. The molecule has 1 saturated heterocycles. The molecule has 114 valence electrons. The first-order valence-electron chi connectivity index (χ1n) is 6.43. The molecular weight excluding hydrogens is 311 g/mol. The Hall–Kier alpha value is -1.56. The molecule has 1 fully saturated rings. The number of amides is 1. The summed E-state index contributed by atoms with van der Waals surface area (Å²) in [4.78, 5) is 16.1. The summed E-state index contributed by atoms with van der Waals surface area (Å²) >= 11 is 0. The van der Waals surface area contributed by atoms with Gasteiger partial charge in [-0.1, -0.05) is 6.07 Å². The van der Waals surface area contributed by atoms with Gasteiger partial charge in [0.2, 0.25) is 5.91 Å². The number of hydrogen-bond acceptors (Lipinski definition) is 3. The van der Waals surface area contributed by atoms with Crippen LogP contribution in [-0.4, -0.2) is 28.5 Å². The van der Waals surface area contributed by atoms with Gasteiger partial charge in [-0.15, -0.1) is 24.8 Å². The van der Waals surface area contributed by atoms with E-state index in [9.17, 15) is 4.79 Å². The predicted molar refractivity (Wildman–Crippen MR) is 87.7 cm³/mol. The maximum absolute atomic E-state index is 12.0. The average Bonchev–Trinajstić information content (AvgIpc) is 3.13. The highest BCUT2D eigenvalue weighted by Gasteiger charge is 2.22. The molecule has 1 aliphatic rings. The topological polar surface area (TPSA) is 59.0 Å². The fourth-order valence-corrected chi connectivity index (χ4v) is 2.28. The number of benzene rings is 1. The minimum absolute atomic E-state index is 0. The lowest BCUT2D eigenvalue weighted by Gasteiger charge is -2.11. The minimum atomic E-state index is 0. The Labute approximate surface area is 136 Å². The molecule has 0 saturated carbocycles. The second kappa shape index (κ2) is 8.02. The molecule has 1 atom stereocenters. The van der Waals surface area contributed by atoms with E-state index < -0.39 is 0 Å². The zero-order chi connectivity index (χ0) is 13.1. The molecule has 2 aromatic rings. The van der Waals surface area contributed by atoms with Crippen LogP contribution in [0.2, 0.25) is 0 Å². The van der Waals surface area contributed by atoms with Crippen LogP contribution >= 0.6 is 24.8 Å². The first-order valence-corrected chi connectivity index (χ1v) is 6.43. The Morgan fingerprint density at radius 1 is 1.38 bits per heavy atom. The van der Waals surface area contributed by atoms with Crippen LogP contribution in [-0.2, 0) is 4.79 Å². The van der Waals surface area contributed by atoms with Crippen molar-refractivity contribution in [3.63, 3.8) is 0 Å². The van der Waals surface area contributed by atoms with E-state index in [1.165, 1.54) is 0 Å². The molecule has 21 heavy (non-hydrogen) atoms. The number of nitrogens with zero attached hydrogens (tertiary/aromatic N) is 2. The van der Waals surface area contributed by atoms with E-state index in [2.05, 4.69) is 15.6 Å². The maximum Gasteiger partial charge on any atom is 0.228 e. The van der Waals surface area contributed by atoms with Crippen molar-refractivity contribution in [3.8, 4) is 5.69 Å². The second-order valence-electron chi connectivity index (χ2n) is 4.70. The summed E-state index contributed by atoms with van der Waals surface area (Å²) in [6.07, 6.45) is 6.26. The first kappa shape index (κ1) is 17.5. The van der Waals surface area contributed by atoms with E-state index in [1.807, 2.05) is 35.0 Å². The normalized spacial score (nSPS) is 16.7. The number of carbonyl (C=O) groups excluding carboxylic acids is 1. The van der Waals surface area contributed by atoms with E-state index in [4.69, 9.17) is 0 Å². The van der Waals surface area contributed by atoms with Gasteiger partial charge in [0, 0.05) is 30.3 Å². The van der Waals surface area contributed by atoms with Crippen molar-refractivity contribution in [2.45, 2.75) is 6.42 Å². The van der Waals surface area contributed by atoms with Gasteiger partial charge in [-0.3, -0.25) is 4.79 Å². The largest absolute Gasteiger partial charge is 0.326 e. The molecule has 2 N–H and O–H groups in total. The Morgan fingerprint density at radius 3 is 2.90 bits per heavy atom. The Bertz CT molecular complexity index is 568. The van der Waals surface area contributed by atoms with Gasteiger partial charge in [0.1, 0.15) is 0 Å². The highest BCUT2D eigenvalue weighted by atomic mass is 35.5. The molecule has 1 aliphatic heterocycles. The monoisotopic (exact) mass is 328 g/mol. The van der Waals surface area contributed by atoms with Crippen LogP contribution < -0.4 is 10.6 Å². The van der Waals surface area contributed by atoms with Crippen molar-refractivity contribution in [1.29, 1.82) is 0 Å². The van der Waals surface area contributed by atoms with Crippen LogP contribution in [0.15, 0.2) is 43.0 Å². The molecule has 7 heteroatoms. The summed E-state index contributed by atoms with van der Waals surface area (Å²) < 4.78 is 1.91. The average molecular weight is 329 g/mol. The fraction of sp³-hybridized carbons (Fsp3) is 0.286. The fourth-order valence-electron chi connectivity index (χ4n) is 2.28. The summed E-state index contributed by atoms with van der Waals surface area (Å²) in [5.41, 5.74) is 1.81. The molecular formula is C14H18Cl2N4O. The summed E-state index contributed by atoms with van der Waals surface area (Å²) in [5, 5.41) is 6.17. The Balaban J connectivity index is 0.00000110. The van der Waals surface area contributed by atoms with E-state index >= 15 is 0 Å². The lowest BCUT2D eigenvalue weighted by atomic mass is 10.1. The Morgan fingerprint density at radius 2 is 2.24 bits per heavy atom. The SMILES string of the molecule is Cl.Cl.O=C(Nc1cccc(-n2ccnc2)c1)C1CCNC1. The lowest BCUT2D eigenvalue weighted by Crippen LogP contribution is -2.24. The van der Waals surface area contributed by atoms with Crippen LogP contribution in [0.5, 0.6) is 0 Å². The van der Waals surface area contributed by atoms with Crippen molar-refractivity contribution in [2.75, 3.05) is 18.4 Å². The zero-order valence-electron chi connectivity index (χ0n) is 11.4. The van der Waals surface area contributed by atoms with Gasteiger partial charge in [0.15, 0.2) is 0 Å². The first-order chi connectivity index (χ1) is 9.33. The van der Waals surface area contributed by atoms with Gasteiger partial charge in [-0.2, -0.15) is 0 Å². The summed E-state index contributed by atoms with van der Waals surface area (Å²) in [7, 11) is 0. The number of imidazole rings is 1. The number of hydrogen-bond donors (Lipinski definition) is 2. The number of anilines is 1. The van der Waals surface area contributed by atoms with E-state index in [-0.39, 0.29) is 36.6 Å². The van der Waals surface area contributed by atoms with Crippen LogP contribution in [0.4, 0.5) is 5.69 Å². The third-order valence-electron chi connectivity index (χ3n) is 3.35. The number of nitrogens with one attached hydrogen (secondary N) is 2. The van der Waals surface area contributed by atoms with Crippen molar-refractivity contribution in [1.82, 2.24) is 14.9 Å². The highest BCUT2D eigenvalue weighted by molar-refractivity contribution is 5.93. The summed E-state index contributed by atoms with van der Waals surface area (Å²) in [5.74, 6) is 0.171.